The second kappa shape index (κ2) is 9.32. The van der Waals surface area contributed by atoms with E-state index < -0.39 is 0 Å². The molecule has 1 aliphatic heterocycles. The number of nitrogens with zero attached hydrogens (tertiary/aromatic N) is 6. The molecule has 2 aromatic rings. The van der Waals surface area contributed by atoms with Crippen LogP contribution in [0.5, 0.6) is 0 Å². The molecule has 0 unspecified atom stereocenters. The maximum absolute atomic E-state index is 4.89. The van der Waals surface area contributed by atoms with E-state index in [0.29, 0.717) is 12.6 Å². The van der Waals surface area contributed by atoms with Gasteiger partial charge in [-0.2, -0.15) is 0 Å². The largest absolute Gasteiger partial charge is 0.368 e. The lowest BCUT2D eigenvalue weighted by molar-refractivity contribution is 0.371. The van der Waals surface area contributed by atoms with E-state index >= 15 is 0 Å². The molecule has 2 fully saturated rings. The number of rotatable bonds is 4. The molecule has 8 heteroatoms. The fourth-order valence-corrected chi connectivity index (χ4v) is 3.60. The van der Waals surface area contributed by atoms with Gasteiger partial charge in [-0.25, -0.2) is 4.99 Å². The maximum atomic E-state index is 4.89. The van der Waals surface area contributed by atoms with Crippen molar-refractivity contribution in [2.24, 2.45) is 12.0 Å². The molecule has 0 amide bonds. The van der Waals surface area contributed by atoms with Gasteiger partial charge in [0.1, 0.15) is 12.4 Å². The lowest BCUT2D eigenvalue weighted by atomic mass is 10.1. The standard InChI is InChI=1S/C21H31N7.HI/c1-15-5-6-16(2)19(13-15)27-9-11-28(12-10-27)21(23-18-7-8-18)22-14-20-25-24-17(3)26(20)4;/h5-6,13,18H,7-12,14H2,1-4H3,(H,22,23);1H. The Morgan fingerprint density at radius 2 is 1.83 bits per heavy atom. The van der Waals surface area contributed by atoms with E-state index in [1.54, 1.807) is 0 Å². The normalized spacial score (nSPS) is 17.3. The molecular weight excluding hydrogens is 477 g/mol. The number of benzene rings is 1. The van der Waals surface area contributed by atoms with Crippen molar-refractivity contribution in [2.45, 2.75) is 46.2 Å². The Balaban J connectivity index is 0.00000240. The molecule has 0 radical (unpaired) electrons. The average Bonchev–Trinajstić information content (AvgIpc) is 3.47. The summed E-state index contributed by atoms with van der Waals surface area (Å²) in [5.74, 6) is 2.84. The Morgan fingerprint density at radius 3 is 2.45 bits per heavy atom. The molecular formula is C21H32IN7. The molecule has 29 heavy (non-hydrogen) atoms. The summed E-state index contributed by atoms with van der Waals surface area (Å²) in [5, 5.41) is 12.0. The van der Waals surface area contributed by atoms with Crippen LogP contribution in [0.15, 0.2) is 23.2 Å². The minimum absolute atomic E-state index is 0. The van der Waals surface area contributed by atoms with E-state index in [1.807, 2.05) is 18.5 Å². The van der Waals surface area contributed by atoms with Gasteiger partial charge >= 0.3 is 0 Å². The number of aryl methyl sites for hydroxylation is 3. The Morgan fingerprint density at radius 1 is 1.10 bits per heavy atom. The van der Waals surface area contributed by atoms with Crippen LogP contribution in [0.2, 0.25) is 0 Å². The van der Waals surface area contributed by atoms with Crippen LogP contribution < -0.4 is 10.2 Å². The Bertz CT molecular complexity index is 864. The Kier molecular flexibility index (Phi) is 7.02. The van der Waals surface area contributed by atoms with Crippen molar-refractivity contribution < 1.29 is 0 Å². The van der Waals surface area contributed by atoms with Crippen molar-refractivity contribution in [3.05, 3.63) is 41.0 Å². The first-order valence-corrected chi connectivity index (χ1v) is 10.2. The van der Waals surface area contributed by atoms with Crippen molar-refractivity contribution in [2.75, 3.05) is 31.1 Å². The van der Waals surface area contributed by atoms with Crippen molar-refractivity contribution in [3.63, 3.8) is 0 Å². The maximum Gasteiger partial charge on any atom is 0.194 e. The molecule has 1 aliphatic carbocycles. The fraction of sp³-hybridized carbons (Fsp3) is 0.571. The summed E-state index contributed by atoms with van der Waals surface area (Å²) in [7, 11) is 2.00. The predicted molar refractivity (Wildman–Crippen MR) is 128 cm³/mol. The van der Waals surface area contributed by atoms with E-state index in [4.69, 9.17) is 4.99 Å². The number of anilines is 1. The lowest BCUT2D eigenvalue weighted by Gasteiger charge is -2.38. The van der Waals surface area contributed by atoms with E-state index in [1.165, 1.54) is 29.7 Å². The van der Waals surface area contributed by atoms with Crippen LogP contribution in [0.4, 0.5) is 5.69 Å². The van der Waals surface area contributed by atoms with E-state index in [0.717, 1.165) is 43.8 Å². The zero-order valence-corrected chi connectivity index (χ0v) is 20.2. The van der Waals surface area contributed by atoms with Gasteiger partial charge in [-0.15, -0.1) is 34.2 Å². The molecule has 4 rings (SSSR count). The molecule has 0 spiro atoms. The lowest BCUT2D eigenvalue weighted by Crippen LogP contribution is -2.53. The Hall–Kier alpha value is -1.84. The van der Waals surface area contributed by atoms with Crippen molar-refractivity contribution in [1.29, 1.82) is 0 Å². The van der Waals surface area contributed by atoms with Crippen LogP contribution in [0.1, 0.15) is 35.6 Å². The summed E-state index contributed by atoms with van der Waals surface area (Å²) in [5.41, 5.74) is 4.03. The van der Waals surface area contributed by atoms with Gasteiger partial charge in [0, 0.05) is 45.0 Å². The number of halogens is 1. The van der Waals surface area contributed by atoms with E-state index in [9.17, 15) is 0 Å². The molecule has 158 valence electrons. The number of aliphatic imine (C=N–C) groups is 1. The highest BCUT2D eigenvalue weighted by Crippen LogP contribution is 2.23. The number of hydrogen-bond acceptors (Lipinski definition) is 4. The summed E-state index contributed by atoms with van der Waals surface area (Å²) >= 11 is 0. The first-order chi connectivity index (χ1) is 13.5. The average molecular weight is 509 g/mol. The van der Waals surface area contributed by atoms with Gasteiger partial charge in [-0.3, -0.25) is 0 Å². The first kappa shape index (κ1) is 21.9. The van der Waals surface area contributed by atoms with Crippen LogP contribution in [0.3, 0.4) is 0 Å². The highest BCUT2D eigenvalue weighted by molar-refractivity contribution is 14.0. The smallest absolute Gasteiger partial charge is 0.194 e. The zero-order valence-electron chi connectivity index (χ0n) is 17.9. The zero-order chi connectivity index (χ0) is 19.7. The van der Waals surface area contributed by atoms with Gasteiger partial charge in [0.25, 0.3) is 0 Å². The number of guanidine groups is 1. The summed E-state index contributed by atoms with van der Waals surface area (Å²) in [6.07, 6.45) is 2.48. The van der Waals surface area contributed by atoms with Crippen LogP contribution in [0.25, 0.3) is 0 Å². The molecule has 2 heterocycles. The second-order valence-corrected chi connectivity index (χ2v) is 8.04. The first-order valence-electron chi connectivity index (χ1n) is 10.2. The molecule has 1 saturated carbocycles. The molecule has 7 nitrogen and oxygen atoms in total. The molecule has 1 saturated heterocycles. The van der Waals surface area contributed by atoms with Gasteiger partial charge in [-0.05, 0) is 50.8 Å². The third-order valence-electron chi connectivity index (χ3n) is 5.75. The number of hydrogen-bond donors (Lipinski definition) is 1. The van der Waals surface area contributed by atoms with Crippen molar-refractivity contribution >= 4 is 35.6 Å². The summed E-state index contributed by atoms with van der Waals surface area (Å²) in [6, 6.07) is 7.30. The molecule has 2 aliphatic rings. The molecule has 0 atom stereocenters. The van der Waals surface area contributed by atoms with Crippen LogP contribution in [-0.2, 0) is 13.6 Å². The third-order valence-corrected chi connectivity index (χ3v) is 5.75. The summed E-state index contributed by atoms with van der Waals surface area (Å²) < 4.78 is 2.01. The summed E-state index contributed by atoms with van der Waals surface area (Å²) in [6.45, 7) is 10.9. The van der Waals surface area contributed by atoms with Gasteiger partial charge in [-0.1, -0.05) is 12.1 Å². The fourth-order valence-electron chi connectivity index (χ4n) is 3.60. The third kappa shape index (κ3) is 5.21. The van der Waals surface area contributed by atoms with Crippen LogP contribution in [0, 0.1) is 20.8 Å². The van der Waals surface area contributed by atoms with Crippen molar-refractivity contribution in [3.8, 4) is 0 Å². The van der Waals surface area contributed by atoms with E-state index in [2.05, 4.69) is 57.4 Å². The van der Waals surface area contributed by atoms with Crippen LogP contribution >= 0.6 is 24.0 Å². The Labute approximate surface area is 190 Å². The quantitative estimate of drug-likeness (QED) is 0.390. The molecule has 1 aromatic carbocycles. The molecule has 1 aromatic heterocycles. The van der Waals surface area contributed by atoms with Gasteiger partial charge in [0.15, 0.2) is 11.8 Å². The minimum atomic E-state index is 0. The van der Waals surface area contributed by atoms with Crippen molar-refractivity contribution in [1.82, 2.24) is 25.0 Å². The van der Waals surface area contributed by atoms with Gasteiger partial charge in [0.2, 0.25) is 0 Å². The van der Waals surface area contributed by atoms with Crippen LogP contribution in [-0.4, -0.2) is 57.8 Å². The number of aromatic nitrogens is 3. The molecule has 0 bridgehead atoms. The SMILES string of the molecule is Cc1ccc(C)c(N2CCN(C(=NCc3nnc(C)n3C)NC3CC3)CC2)c1.I. The summed E-state index contributed by atoms with van der Waals surface area (Å²) in [4.78, 5) is 9.78. The van der Waals surface area contributed by atoms with Gasteiger partial charge in [0.05, 0.1) is 0 Å². The highest BCUT2D eigenvalue weighted by atomic mass is 127. The highest BCUT2D eigenvalue weighted by Gasteiger charge is 2.27. The topological polar surface area (TPSA) is 61.6 Å². The van der Waals surface area contributed by atoms with Gasteiger partial charge < -0.3 is 19.7 Å². The monoisotopic (exact) mass is 509 g/mol. The van der Waals surface area contributed by atoms with E-state index in [-0.39, 0.29) is 24.0 Å². The number of nitrogens with one attached hydrogen (secondary N) is 1. The second-order valence-electron chi connectivity index (χ2n) is 8.04. The number of piperazine rings is 1. The predicted octanol–water partition coefficient (Wildman–Crippen LogP) is 2.79. The molecule has 1 N–H and O–H groups in total. The minimum Gasteiger partial charge on any atom is -0.368 e.